The Hall–Kier alpha value is -3.48. The summed E-state index contributed by atoms with van der Waals surface area (Å²) in [7, 11) is 0. The molecule has 2 aromatic carbocycles. The second-order valence-corrected chi connectivity index (χ2v) is 7.81. The Morgan fingerprint density at radius 3 is 2.23 bits per heavy atom. The number of nitrogens with zero attached hydrogens (tertiary/aromatic N) is 6. The van der Waals surface area contributed by atoms with Gasteiger partial charge in [0.1, 0.15) is 0 Å². The summed E-state index contributed by atoms with van der Waals surface area (Å²) in [6.45, 7) is 9.79. The largest absolute Gasteiger partial charge is 0.420 e. The minimum atomic E-state index is 0.405. The van der Waals surface area contributed by atoms with Crippen molar-refractivity contribution in [1.29, 1.82) is 0 Å². The highest BCUT2D eigenvalue weighted by Gasteiger charge is 2.23. The molecule has 4 aromatic rings. The van der Waals surface area contributed by atoms with E-state index in [0.717, 1.165) is 42.8 Å². The molecule has 0 spiro atoms. The lowest BCUT2D eigenvalue weighted by molar-refractivity contribution is 0.530. The third-order valence-electron chi connectivity index (χ3n) is 5.68. The average Bonchev–Trinajstić information content (AvgIpc) is 3.21. The first-order valence-corrected chi connectivity index (χ1v) is 10.2. The minimum absolute atomic E-state index is 0.405. The van der Waals surface area contributed by atoms with Crippen LogP contribution in [0.3, 0.4) is 0 Å². The molecule has 5 rings (SSSR count). The van der Waals surface area contributed by atoms with E-state index in [0.29, 0.717) is 17.5 Å². The standard InChI is InChI=1S/C23H24N6O/c1-15-8-9-16(2)20(14-15)28-10-12-29(13-11-28)22-19-7-5-4-6-18(19)21(25-26-22)23-27-24-17(3)30-23/h4-9,14H,10-13H2,1-3H3. The van der Waals surface area contributed by atoms with Crippen molar-refractivity contribution in [3.63, 3.8) is 0 Å². The first-order valence-electron chi connectivity index (χ1n) is 10.2. The van der Waals surface area contributed by atoms with Crippen molar-refractivity contribution in [1.82, 2.24) is 20.4 Å². The number of anilines is 2. The summed E-state index contributed by atoms with van der Waals surface area (Å²) in [5, 5.41) is 19.1. The van der Waals surface area contributed by atoms with Crippen LogP contribution in [0.15, 0.2) is 46.9 Å². The molecule has 7 heteroatoms. The van der Waals surface area contributed by atoms with E-state index in [1.54, 1.807) is 6.92 Å². The van der Waals surface area contributed by atoms with Crippen LogP contribution in [-0.2, 0) is 0 Å². The van der Waals surface area contributed by atoms with Gasteiger partial charge in [0.2, 0.25) is 5.89 Å². The fourth-order valence-electron chi connectivity index (χ4n) is 4.09. The molecular weight excluding hydrogens is 376 g/mol. The summed E-state index contributed by atoms with van der Waals surface area (Å²) >= 11 is 0. The smallest absolute Gasteiger partial charge is 0.268 e. The van der Waals surface area contributed by atoms with E-state index in [4.69, 9.17) is 4.42 Å². The molecule has 3 heterocycles. The number of rotatable bonds is 3. The number of aromatic nitrogens is 4. The maximum absolute atomic E-state index is 5.60. The first-order chi connectivity index (χ1) is 14.6. The van der Waals surface area contributed by atoms with Gasteiger partial charge in [-0.2, -0.15) is 0 Å². The zero-order valence-electron chi connectivity index (χ0n) is 17.5. The Bertz CT molecular complexity index is 1210. The molecule has 0 unspecified atom stereocenters. The molecule has 0 saturated carbocycles. The minimum Gasteiger partial charge on any atom is -0.420 e. The molecule has 152 valence electrons. The Balaban J connectivity index is 1.44. The van der Waals surface area contributed by atoms with Crippen LogP contribution in [0.5, 0.6) is 0 Å². The SMILES string of the molecule is Cc1ccc(C)c(N2CCN(c3nnc(-c4nnc(C)o4)c4ccccc34)CC2)c1. The fourth-order valence-corrected chi connectivity index (χ4v) is 4.09. The number of hydrogen-bond acceptors (Lipinski definition) is 7. The van der Waals surface area contributed by atoms with Crippen molar-refractivity contribution >= 4 is 22.3 Å². The number of fused-ring (bicyclic) bond motifs is 1. The monoisotopic (exact) mass is 400 g/mol. The molecule has 0 radical (unpaired) electrons. The van der Waals surface area contributed by atoms with Gasteiger partial charge < -0.3 is 14.2 Å². The third kappa shape index (κ3) is 3.26. The topological polar surface area (TPSA) is 71.2 Å². The summed E-state index contributed by atoms with van der Waals surface area (Å²) in [5.41, 5.74) is 4.57. The van der Waals surface area contributed by atoms with Gasteiger partial charge in [-0.1, -0.05) is 36.4 Å². The molecule has 1 fully saturated rings. The van der Waals surface area contributed by atoms with E-state index in [1.165, 1.54) is 16.8 Å². The highest BCUT2D eigenvalue weighted by atomic mass is 16.4. The van der Waals surface area contributed by atoms with Crippen molar-refractivity contribution in [2.45, 2.75) is 20.8 Å². The van der Waals surface area contributed by atoms with Crippen molar-refractivity contribution in [3.8, 4) is 11.6 Å². The van der Waals surface area contributed by atoms with E-state index in [9.17, 15) is 0 Å². The predicted molar refractivity (Wildman–Crippen MR) is 118 cm³/mol. The Morgan fingerprint density at radius 2 is 1.50 bits per heavy atom. The lowest BCUT2D eigenvalue weighted by atomic mass is 10.1. The molecule has 0 atom stereocenters. The van der Waals surface area contributed by atoms with Gasteiger partial charge >= 0.3 is 0 Å². The second kappa shape index (κ2) is 7.40. The summed E-state index contributed by atoms with van der Waals surface area (Å²) in [5.74, 6) is 1.83. The average molecular weight is 400 g/mol. The predicted octanol–water partition coefficient (Wildman–Crippen LogP) is 3.93. The van der Waals surface area contributed by atoms with Gasteiger partial charge in [0.25, 0.3) is 5.89 Å². The molecule has 0 bridgehead atoms. The fraction of sp³-hybridized carbons (Fsp3) is 0.304. The van der Waals surface area contributed by atoms with Crippen molar-refractivity contribution in [2.24, 2.45) is 0 Å². The van der Waals surface area contributed by atoms with E-state index < -0.39 is 0 Å². The van der Waals surface area contributed by atoms with Crippen LogP contribution < -0.4 is 9.80 Å². The molecule has 1 aliphatic heterocycles. The van der Waals surface area contributed by atoms with E-state index in [1.807, 2.05) is 18.2 Å². The zero-order chi connectivity index (χ0) is 20.7. The molecule has 0 aliphatic carbocycles. The summed E-state index contributed by atoms with van der Waals surface area (Å²) in [6, 6.07) is 14.8. The lowest BCUT2D eigenvalue weighted by Crippen LogP contribution is -2.47. The van der Waals surface area contributed by atoms with Gasteiger partial charge in [0.05, 0.1) is 0 Å². The Labute approximate surface area is 175 Å². The number of benzene rings is 2. The summed E-state index contributed by atoms with van der Waals surface area (Å²) in [6.07, 6.45) is 0. The molecule has 1 aliphatic rings. The highest BCUT2D eigenvalue weighted by molar-refractivity contribution is 5.99. The van der Waals surface area contributed by atoms with Gasteiger partial charge in [-0.05, 0) is 31.0 Å². The number of piperazine rings is 1. The van der Waals surface area contributed by atoms with Gasteiger partial charge in [-0.3, -0.25) is 0 Å². The quantitative estimate of drug-likeness (QED) is 0.516. The Kier molecular flexibility index (Phi) is 4.58. The van der Waals surface area contributed by atoms with Crippen molar-refractivity contribution < 1.29 is 4.42 Å². The van der Waals surface area contributed by atoms with E-state index in [-0.39, 0.29) is 0 Å². The van der Waals surface area contributed by atoms with Crippen molar-refractivity contribution in [3.05, 3.63) is 59.5 Å². The van der Waals surface area contributed by atoms with Crippen LogP contribution in [-0.4, -0.2) is 46.6 Å². The molecule has 2 aromatic heterocycles. The Morgan fingerprint density at radius 1 is 0.767 bits per heavy atom. The van der Waals surface area contributed by atoms with Crippen LogP contribution >= 0.6 is 0 Å². The summed E-state index contributed by atoms with van der Waals surface area (Å²) in [4.78, 5) is 4.78. The van der Waals surface area contributed by atoms with Crippen LogP contribution in [0.1, 0.15) is 17.0 Å². The van der Waals surface area contributed by atoms with Crippen LogP contribution in [0.25, 0.3) is 22.4 Å². The molecular formula is C23H24N6O. The van der Waals surface area contributed by atoms with Crippen LogP contribution in [0.2, 0.25) is 0 Å². The normalized spacial score (nSPS) is 14.5. The summed E-state index contributed by atoms with van der Waals surface area (Å²) < 4.78 is 5.60. The number of aryl methyl sites for hydroxylation is 3. The van der Waals surface area contributed by atoms with Gasteiger partial charge in [0.15, 0.2) is 11.5 Å². The second-order valence-electron chi connectivity index (χ2n) is 7.81. The first kappa shape index (κ1) is 18.5. The van der Waals surface area contributed by atoms with Crippen molar-refractivity contribution in [2.75, 3.05) is 36.0 Å². The van der Waals surface area contributed by atoms with Gasteiger partial charge in [0, 0.05) is 49.6 Å². The molecule has 7 nitrogen and oxygen atoms in total. The maximum Gasteiger partial charge on any atom is 0.268 e. The molecule has 1 saturated heterocycles. The van der Waals surface area contributed by atoms with Crippen LogP contribution in [0.4, 0.5) is 11.5 Å². The molecule has 0 amide bonds. The third-order valence-corrected chi connectivity index (χ3v) is 5.68. The van der Waals surface area contributed by atoms with E-state index >= 15 is 0 Å². The van der Waals surface area contributed by atoms with Crippen LogP contribution in [0, 0.1) is 20.8 Å². The highest BCUT2D eigenvalue weighted by Crippen LogP contribution is 2.32. The van der Waals surface area contributed by atoms with E-state index in [2.05, 4.69) is 68.3 Å². The molecule has 0 N–H and O–H groups in total. The maximum atomic E-state index is 5.60. The molecule has 30 heavy (non-hydrogen) atoms. The van der Waals surface area contributed by atoms with Gasteiger partial charge in [-0.25, -0.2) is 0 Å². The number of hydrogen-bond donors (Lipinski definition) is 0. The lowest BCUT2D eigenvalue weighted by Gasteiger charge is -2.37. The van der Waals surface area contributed by atoms with Gasteiger partial charge in [-0.15, -0.1) is 20.4 Å². The zero-order valence-corrected chi connectivity index (χ0v) is 17.5.